The maximum Gasteiger partial charge on any atom is 0.181 e. The molecule has 0 aliphatic heterocycles. The third-order valence-electron chi connectivity index (χ3n) is 4.66. The highest BCUT2D eigenvalue weighted by Crippen LogP contribution is 2.35. The lowest BCUT2D eigenvalue weighted by Gasteiger charge is -2.11. The zero-order chi connectivity index (χ0) is 17.4. The molecule has 128 valence electrons. The molecule has 1 aliphatic carbocycles. The van der Waals surface area contributed by atoms with Gasteiger partial charge in [-0.3, -0.25) is 0 Å². The normalized spacial score (nSPS) is 23.1. The summed E-state index contributed by atoms with van der Waals surface area (Å²) in [5.41, 5.74) is 7.47. The number of aromatic nitrogens is 3. The number of nitrogens with zero attached hydrogens (tertiary/aromatic N) is 3. The number of nitrogens with two attached hydrogens (primary N) is 1. The highest BCUT2D eigenvalue weighted by atomic mass is 19.1. The summed E-state index contributed by atoms with van der Waals surface area (Å²) in [6.45, 7) is 0. The molecule has 6 heteroatoms. The van der Waals surface area contributed by atoms with Gasteiger partial charge in [-0.2, -0.15) is 0 Å². The van der Waals surface area contributed by atoms with E-state index in [1.54, 1.807) is 16.8 Å². The fourth-order valence-electron chi connectivity index (χ4n) is 3.35. The highest BCUT2D eigenvalue weighted by molar-refractivity contribution is 5.55. The molecule has 0 unspecified atom stereocenters. The molecule has 25 heavy (non-hydrogen) atoms. The molecule has 0 amide bonds. The average Bonchev–Trinajstić information content (AvgIpc) is 3.20. The van der Waals surface area contributed by atoms with Crippen LogP contribution in [0.2, 0.25) is 0 Å². The van der Waals surface area contributed by atoms with Gasteiger partial charge in [-0.25, -0.2) is 14.1 Å². The van der Waals surface area contributed by atoms with Gasteiger partial charge in [-0.15, -0.1) is 5.10 Å². The van der Waals surface area contributed by atoms with E-state index in [9.17, 15) is 9.50 Å². The van der Waals surface area contributed by atoms with Gasteiger partial charge in [0.05, 0.1) is 11.8 Å². The Balaban J connectivity index is 1.82. The van der Waals surface area contributed by atoms with Gasteiger partial charge in [0.15, 0.2) is 5.82 Å². The lowest BCUT2D eigenvalue weighted by atomic mass is 10.1. The molecule has 2 aromatic carbocycles. The second-order valence-corrected chi connectivity index (χ2v) is 6.45. The number of halogens is 1. The van der Waals surface area contributed by atoms with Gasteiger partial charge in [0.2, 0.25) is 0 Å². The zero-order valence-corrected chi connectivity index (χ0v) is 13.6. The summed E-state index contributed by atoms with van der Waals surface area (Å²) in [6.07, 6.45) is 0.607. The molecule has 1 aliphatic rings. The molecule has 0 bridgehead atoms. The summed E-state index contributed by atoms with van der Waals surface area (Å²) >= 11 is 0. The summed E-state index contributed by atoms with van der Waals surface area (Å²) < 4.78 is 15.4. The Morgan fingerprint density at radius 3 is 2.56 bits per heavy atom. The number of aliphatic hydroxyl groups is 1. The summed E-state index contributed by atoms with van der Waals surface area (Å²) in [5, 5.41) is 14.6. The van der Waals surface area contributed by atoms with Crippen molar-refractivity contribution in [2.45, 2.75) is 30.9 Å². The summed E-state index contributed by atoms with van der Waals surface area (Å²) in [7, 11) is 0. The van der Waals surface area contributed by atoms with Crippen molar-refractivity contribution in [1.82, 2.24) is 14.8 Å². The van der Waals surface area contributed by atoms with Crippen molar-refractivity contribution in [3.05, 3.63) is 66.2 Å². The molecule has 1 aromatic heterocycles. The minimum absolute atomic E-state index is 0.0155. The number of aliphatic hydroxyl groups excluding tert-OH is 1. The van der Waals surface area contributed by atoms with Crippen molar-refractivity contribution in [3.63, 3.8) is 0 Å². The van der Waals surface area contributed by atoms with E-state index in [2.05, 4.69) is 5.10 Å². The molecule has 1 heterocycles. The number of benzene rings is 2. The van der Waals surface area contributed by atoms with Crippen LogP contribution >= 0.6 is 0 Å². The van der Waals surface area contributed by atoms with Crippen LogP contribution in [0.5, 0.6) is 0 Å². The molecule has 0 radical (unpaired) electrons. The Bertz CT molecular complexity index is 870. The van der Waals surface area contributed by atoms with Crippen molar-refractivity contribution < 1.29 is 9.50 Å². The Morgan fingerprint density at radius 1 is 1.08 bits per heavy atom. The second kappa shape index (κ2) is 6.38. The van der Waals surface area contributed by atoms with Gasteiger partial charge in [0.25, 0.3) is 0 Å². The topological polar surface area (TPSA) is 77.0 Å². The van der Waals surface area contributed by atoms with Gasteiger partial charge in [-0.05, 0) is 31.0 Å². The van der Waals surface area contributed by atoms with E-state index in [1.165, 1.54) is 12.1 Å². The Kier molecular flexibility index (Phi) is 4.07. The van der Waals surface area contributed by atoms with E-state index in [4.69, 9.17) is 10.7 Å². The first-order valence-corrected chi connectivity index (χ1v) is 8.34. The van der Waals surface area contributed by atoms with Gasteiger partial charge in [0.1, 0.15) is 11.6 Å². The van der Waals surface area contributed by atoms with Crippen molar-refractivity contribution in [3.8, 4) is 17.1 Å². The molecule has 3 atom stereocenters. The Morgan fingerprint density at radius 2 is 1.88 bits per heavy atom. The third kappa shape index (κ3) is 3.06. The van der Waals surface area contributed by atoms with E-state index in [1.807, 2.05) is 30.3 Å². The average molecular weight is 338 g/mol. The van der Waals surface area contributed by atoms with Crippen molar-refractivity contribution in [2.75, 3.05) is 0 Å². The lowest BCUT2D eigenvalue weighted by Crippen LogP contribution is -2.28. The molecular weight excluding hydrogens is 319 g/mol. The van der Waals surface area contributed by atoms with Crippen LogP contribution in [0.25, 0.3) is 17.1 Å². The van der Waals surface area contributed by atoms with E-state index >= 15 is 0 Å². The highest BCUT2D eigenvalue weighted by Gasteiger charge is 2.35. The second-order valence-electron chi connectivity index (χ2n) is 6.45. The number of rotatable bonds is 3. The van der Waals surface area contributed by atoms with Crippen molar-refractivity contribution in [1.29, 1.82) is 0 Å². The molecule has 3 aromatic rings. The Hall–Kier alpha value is -2.57. The lowest BCUT2D eigenvalue weighted by molar-refractivity contribution is 0.163. The maximum atomic E-state index is 13.7. The van der Waals surface area contributed by atoms with Crippen LogP contribution in [0, 0.1) is 5.82 Å². The molecule has 1 fully saturated rings. The maximum absolute atomic E-state index is 13.7. The van der Waals surface area contributed by atoms with Crippen LogP contribution in [-0.4, -0.2) is 32.0 Å². The first-order chi connectivity index (χ1) is 12.1. The fraction of sp³-hybridized carbons (Fsp3) is 0.263. The first-order valence-electron chi connectivity index (χ1n) is 8.34. The molecule has 0 saturated heterocycles. The van der Waals surface area contributed by atoms with Crippen LogP contribution in [0.3, 0.4) is 0 Å². The zero-order valence-electron chi connectivity index (χ0n) is 13.6. The van der Waals surface area contributed by atoms with E-state index in [-0.39, 0.29) is 17.8 Å². The minimum atomic E-state index is -0.553. The standard InChI is InChI=1S/C19H19FN4O/c20-14-7-4-8-15(11-14)24-19(13-9-16(21)17(25)10-13)22-18(23-24)12-5-2-1-3-6-12/h1-8,11,13,16-17,25H,9-10,21H2/t13-,16-,17-/m0/s1. The summed E-state index contributed by atoms with van der Waals surface area (Å²) in [4.78, 5) is 4.70. The summed E-state index contributed by atoms with van der Waals surface area (Å²) in [6, 6.07) is 15.6. The SMILES string of the molecule is N[C@H]1C[C@H](c2nc(-c3ccccc3)nn2-c2cccc(F)c2)C[C@@H]1O. The van der Waals surface area contributed by atoms with E-state index < -0.39 is 6.10 Å². The Labute approximate surface area is 144 Å². The molecule has 3 N–H and O–H groups in total. The van der Waals surface area contributed by atoms with Crippen molar-refractivity contribution >= 4 is 0 Å². The quantitative estimate of drug-likeness (QED) is 0.770. The monoisotopic (exact) mass is 338 g/mol. The summed E-state index contributed by atoms with van der Waals surface area (Å²) in [5.74, 6) is 0.938. The van der Waals surface area contributed by atoms with Crippen molar-refractivity contribution in [2.24, 2.45) is 5.73 Å². The number of hydrogen-bond acceptors (Lipinski definition) is 4. The van der Waals surface area contributed by atoms with E-state index in [0.717, 1.165) is 5.56 Å². The van der Waals surface area contributed by atoms with E-state index in [0.29, 0.717) is 30.2 Å². The van der Waals surface area contributed by atoms with Crippen LogP contribution < -0.4 is 5.73 Å². The van der Waals surface area contributed by atoms with Gasteiger partial charge in [-0.1, -0.05) is 36.4 Å². The van der Waals surface area contributed by atoms with Crippen LogP contribution in [0.1, 0.15) is 24.6 Å². The first kappa shape index (κ1) is 15.9. The third-order valence-corrected chi connectivity index (χ3v) is 4.66. The van der Waals surface area contributed by atoms with Crippen LogP contribution in [-0.2, 0) is 0 Å². The minimum Gasteiger partial charge on any atom is -0.391 e. The molecular formula is C19H19FN4O. The fourth-order valence-corrected chi connectivity index (χ4v) is 3.35. The number of hydrogen-bond donors (Lipinski definition) is 2. The predicted octanol–water partition coefficient (Wildman–Crippen LogP) is 2.64. The van der Waals surface area contributed by atoms with Gasteiger partial charge in [0, 0.05) is 17.5 Å². The predicted molar refractivity (Wildman–Crippen MR) is 92.7 cm³/mol. The smallest absolute Gasteiger partial charge is 0.181 e. The van der Waals surface area contributed by atoms with Crippen LogP contribution in [0.15, 0.2) is 54.6 Å². The van der Waals surface area contributed by atoms with Crippen LogP contribution in [0.4, 0.5) is 4.39 Å². The molecule has 1 saturated carbocycles. The molecule has 5 nitrogen and oxygen atoms in total. The largest absolute Gasteiger partial charge is 0.391 e. The molecule has 0 spiro atoms. The molecule has 4 rings (SSSR count). The van der Waals surface area contributed by atoms with Gasteiger partial charge < -0.3 is 10.8 Å². The van der Waals surface area contributed by atoms with Gasteiger partial charge >= 0.3 is 0 Å².